The summed E-state index contributed by atoms with van der Waals surface area (Å²) >= 11 is 12.1. The van der Waals surface area contributed by atoms with Crippen LogP contribution in [0.1, 0.15) is 29.5 Å². The van der Waals surface area contributed by atoms with Gasteiger partial charge in [0.15, 0.2) is 5.76 Å². The summed E-state index contributed by atoms with van der Waals surface area (Å²) < 4.78 is 5.11. The minimum absolute atomic E-state index is 0.0249. The van der Waals surface area contributed by atoms with Crippen molar-refractivity contribution < 1.29 is 14.4 Å². The first-order valence-corrected chi connectivity index (χ1v) is 6.48. The topological polar surface area (TPSA) is 63.3 Å². The molecule has 2 rings (SSSR count). The molecule has 0 saturated carbocycles. The summed E-state index contributed by atoms with van der Waals surface area (Å²) in [4.78, 5) is 11.4. The normalized spacial score (nSPS) is 10.7. The Morgan fingerprint density at radius 3 is 2.53 bits per heavy atom. The lowest BCUT2D eigenvalue weighted by molar-refractivity contribution is 0.0695. The molecule has 0 aliphatic rings. The van der Waals surface area contributed by atoms with E-state index in [0.29, 0.717) is 27.8 Å². The number of carboxylic acids is 1. The Labute approximate surface area is 119 Å². The molecule has 0 fully saturated rings. The van der Waals surface area contributed by atoms with Crippen LogP contribution in [0.2, 0.25) is 10.0 Å². The van der Waals surface area contributed by atoms with Crippen LogP contribution in [0.3, 0.4) is 0 Å². The Bertz CT molecular complexity index is 602. The molecule has 1 heterocycles. The molecule has 0 atom stereocenters. The van der Waals surface area contributed by atoms with E-state index in [9.17, 15) is 9.90 Å². The average molecular weight is 300 g/mol. The van der Waals surface area contributed by atoms with Crippen LogP contribution < -0.4 is 0 Å². The van der Waals surface area contributed by atoms with Gasteiger partial charge in [0.25, 0.3) is 0 Å². The lowest BCUT2D eigenvalue weighted by atomic mass is 10.0. The van der Waals surface area contributed by atoms with Gasteiger partial charge in [-0.3, -0.25) is 0 Å². The zero-order valence-corrected chi connectivity index (χ0v) is 11.6. The molecule has 0 amide bonds. The van der Waals surface area contributed by atoms with Crippen molar-refractivity contribution >= 4 is 29.2 Å². The lowest BCUT2D eigenvalue weighted by Crippen LogP contribution is -2.01. The van der Waals surface area contributed by atoms with E-state index in [-0.39, 0.29) is 11.3 Å². The van der Waals surface area contributed by atoms with Crippen molar-refractivity contribution in [2.45, 2.75) is 19.8 Å². The number of hydrogen-bond donors (Lipinski definition) is 1. The molecular weight excluding hydrogens is 289 g/mol. The number of carbonyl (C=O) groups is 1. The van der Waals surface area contributed by atoms with Gasteiger partial charge in [-0.05, 0) is 18.6 Å². The zero-order valence-electron chi connectivity index (χ0n) is 10.1. The van der Waals surface area contributed by atoms with E-state index in [0.717, 1.165) is 6.42 Å². The van der Waals surface area contributed by atoms with Gasteiger partial charge in [-0.2, -0.15) is 0 Å². The van der Waals surface area contributed by atoms with Gasteiger partial charge in [-0.1, -0.05) is 41.3 Å². The number of aromatic nitrogens is 1. The Kier molecular flexibility index (Phi) is 4.12. The van der Waals surface area contributed by atoms with Crippen LogP contribution >= 0.6 is 23.2 Å². The molecule has 19 heavy (non-hydrogen) atoms. The van der Waals surface area contributed by atoms with Crippen molar-refractivity contribution in [2.24, 2.45) is 0 Å². The summed E-state index contributed by atoms with van der Waals surface area (Å²) in [5.41, 5.74) is 0.581. The van der Waals surface area contributed by atoms with Gasteiger partial charge < -0.3 is 9.63 Å². The molecule has 0 aliphatic carbocycles. The molecule has 0 radical (unpaired) electrons. The number of benzene rings is 1. The number of nitrogens with zero attached hydrogens (tertiary/aromatic N) is 1. The summed E-state index contributed by atoms with van der Waals surface area (Å²) in [7, 11) is 0. The van der Waals surface area contributed by atoms with Gasteiger partial charge in [-0.25, -0.2) is 4.79 Å². The summed E-state index contributed by atoms with van der Waals surface area (Å²) in [6, 6.07) is 4.94. The predicted octanol–water partition coefficient (Wildman–Crippen LogP) is 4.30. The maximum absolute atomic E-state index is 11.4. The standard InChI is InChI=1S/C13H11Cl2NO3/c1-2-4-9-11(13(17)18)12(16-19-9)10-7(14)5-3-6-8(10)15/h3,5-6H,2,4H2,1H3,(H,17,18). The van der Waals surface area contributed by atoms with Crippen LogP contribution in [0.5, 0.6) is 0 Å². The van der Waals surface area contributed by atoms with E-state index in [2.05, 4.69) is 5.16 Å². The number of hydrogen-bond acceptors (Lipinski definition) is 3. The van der Waals surface area contributed by atoms with E-state index < -0.39 is 5.97 Å². The summed E-state index contributed by atoms with van der Waals surface area (Å²) in [5.74, 6) is -0.767. The molecule has 0 aliphatic heterocycles. The van der Waals surface area contributed by atoms with Crippen LogP contribution in [0.4, 0.5) is 0 Å². The monoisotopic (exact) mass is 299 g/mol. The van der Waals surface area contributed by atoms with Gasteiger partial charge >= 0.3 is 5.97 Å². The van der Waals surface area contributed by atoms with Gasteiger partial charge in [0.1, 0.15) is 11.3 Å². The minimum Gasteiger partial charge on any atom is -0.477 e. The van der Waals surface area contributed by atoms with Crippen molar-refractivity contribution in [3.63, 3.8) is 0 Å². The average Bonchev–Trinajstić information content (AvgIpc) is 2.73. The molecule has 0 spiro atoms. The first-order valence-electron chi connectivity index (χ1n) is 5.72. The quantitative estimate of drug-likeness (QED) is 0.914. The third kappa shape index (κ3) is 2.60. The SMILES string of the molecule is CCCc1onc(-c2c(Cl)cccc2Cl)c1C(=O)O. The summed E-state index contributed by atoms with van der Waals surface area (Å²) in [6.07, 6.45) is 1.25. The van der Waals surface area contributed by atoms with Gasteiger partial charge in [-0.15, -0.1) is 0 Å². The van der Waals surface area contributed by atoms with Crippen molar-refractivity contribution in [3.8, 4) is 11.3 Å². The second-order valence-electron chi connectivity index (χ2n) is 3.98. The Morgan fingerprint density at radius 2 is 2.00 bits per heavy atom. The van der Waals surface area contributed by atoms with Crippen LogP contribution in [0.25, 0.3) is 11.3 Å². The van der Waals surface area contributed by atoms with Crippen LogP contribution in [-0.2, 0) is 6.42 Å². The van der Waals surface area contributed by atoms with Gasteiger partial charge in [0, 0.05) is 12.0 Å². The molecule has 0 bridgehead atoms. The second kappa shape index (κ2) is 5.63. The molecule has 2 aromatic rings. The van der Waals surface area contributed by atoms with E-state index in [1.54, 1.807) is 18.2 Å². The first-order chi connectivity index (χ1) is 9.06. The molecular formula is C13H11Cl2NO3. The molecule has 0 saturated heterocycles. The van der Waals surface area contributed by atoms with Crippen LogP contribution in [0, 0.1) is 0 Å². The molecule has 1 aromatic heterocycles. The fourth-order valence-corrected chi connectivity index (χ4v) is 2.41. The number of aromatic carboxylic acids is 1. The van der Waals surface area contributed by atoms with E-state index in [1.807, 2.05) is 6.92 Å². The van der Waals surface area contributed by atoms with Crippen LogP contribution in [0.15, 0.2) is 22.7 Å². The number of aryl methyl sites for hydroxylation is 1. The molecule has 0 unspecified atom stereocenters. The van der Waals surface area contributed by atoms with Gasteiger partial charge in [0.2, 0.25) is 0 Å². The summed E-state index contributed by atoms with van der Waals surface area (Å²) in [5, 5.41) is 13.8. The highest BCUT2D eigenvalue weighted by Crippen LogP contribution is 2.37. The second-order valence-corrected chi connectivity index (χ2v) is 4.80. The highest BCUT2D eigenvalue weighted by molar-refractivity contribution is 6.39. The van der Waals surface area contributed by atoms with Crippen LogP contribution in [-0.4, -0.2) is 16.2 Å². The van der Waals surface area contributed by atoms with Crippen molar-refractivity contribution in [2.75, 3.05) is 0 Å². The third-order valence-corrected chi connectivity index (χ3v) is 3.28. The number of halogens is 2. The molecule has 100 valence electrons. The predicted molar refractivity (Wildman–Crippen MR) is 72.9 cm³/mol. The van der Waals surface area contributed by atoms with Gasteiger partial charge in [0.05, 0.1) is 10.0 Å². The first kappa shape index (κ1) is 13.9. The van der Waals surface area contributed by atoms with E-state index in [4.69, 9.17) is 27.7 Å². The fourth-order valence-electron chi connectivity index (χ4n) is 1.84. The lowest BCUT2D eigenvalue weighted by Gasteiger charge is -2.04. The smallest absolute Gasteiger partial charge is 0.341 e. The third-order valence-electron chi connectivity index (χ3n) is 2.65. The Balaban J connectivity index is 2.66. The molecule has 1 aromatic carbocycles. The highest BCUT2D eigenvalue weighted by Gasteiger charge is 2.25. The molecule has 1 N–H and O–H groups in total. The maximum Gasteiger partial charge on any atom is 0.341 e. The number of carboxylic acid groups (broad SMARTS) is 1. The largest absolute Gasteiger partial charge is 0.477 e. The Hall–Kier alpha value is -1.52. The summed E-state index contributed by atoms with van der Waals surface area (Å²) in [6.45, 7) is 1.93. The van der Waals surface area contributed by atoms with E-state index >= 15 is 0 Å². The molecule has 6 heteroatoms. The fraction of sp³-hybridized carbons (Fsp3) is 0.231. The highest BCUT2D eigenvalue weighted by atomic mass is 35.5. The maximum atomic E-state index is 11.4. The van der Waals surface area contributed by atoms with Crippen molar-refractivity contribution in [1.82, 2.24) is 5.16 Å². The van der Waals surface area contributed by atoms with E-state index in [1.165, 1.54) is 0 Å². The van der Waals surface area contributed by atoms with Crippen molar-refractivity contribution in [1.29, 1.82) is 0 Å². The van der Waals surface area contributed by atoms with Crippen molar-refractivity contribution in [3.05, 3.63) is 39.6 Å². The zero-order chi connectivity index (χ0) is 14.0. The Morgan fingerprint density at radius 1 is 1.37 bits per heavy atom. The molecule has 4 nitrogen and oxygen atoms in total. The number of rotatable bonds is 4. The minimum atomic E-state index is -1.10.